The zero-order valence-corrected chi connectivity index (χ0v) is 14.1. The van der Waals surface area contributed by atoms with Crippen molar-refractivity contribution in [2.75, 3.05) is 31.7 Å². The van der Waals surface area contributed by atoms with Crippen LogP contribution in [0.15, 0.2) is 30.3 Å². The molecule has 1 aliphatic rings. The van der Waals surface area contributed by atoms with Crippen LogP contribution in [0, 0.1) is 6.92 Å². The summed E-state index contributed by atoms with van der Waals surface area (Å²) in [4.78, 5) is 16.7. The molecule has 122 valence electrons. The molecule has 23 heavy (non-hydrogen) atoms. The van der Waals surface area contributed by atoms with E-state index >= 15 is 0 Å². The standard InChI is InChI=1S/C17H20N2O3S/c1-12-3-5-14(23-12)11-19(17(20)10-18-2)13-4-6-15-16(9-13)22-8-7-21-15/h3-6,9,18H,7-8,10-11H2,1-2H3. The maximum Gasteiger partial charge on any atom is 0.241 e. The Hall–Kier alpha value is -2.05. The van der Waals surface area contributed by atoms with Gasteiger partial charge >= 0.3 is 0 Å². The van der Waals surface area contributed by atoms with Crippen molar-refractivity contribution >= 4 is 22.9 Å². The first-order valence-corrected chi connectivity index (χ1v) is 8.39. The lowest BCUT2D eigenvalue weighted by Gasteiger charge is -2.25. The van der Waals surface area contributed by atoms with Gasteiger partial charge in [-0.2, -0.15) is 0 Å². The number of hydrogen-bond donors (Lipinski definition) is 1. The van der Waals surface area contributed by atoms with Gasteiger partial charge < -0.3 is 19.7 Å². The van der Waals surface area contributed by atoms with E-state index < -0.39 is 0 Å². The lowest BCUT2D eigenvalue weighted by molar-refractivity contribution is -0.117. The Balaban J connectivity index is 1.89. The Morgan fingerprint density at radius 1 is 1.22 bits per heavy atom. The number of nitrogens with zero attached hydrogens (tertiary/aromatic N) is 1. The maximum absolute atomic E-state index is 12.5. The summed E-state index contributed by atoms with van der Waals surface area (Å²) in [5.41, 5.74) is 0.820. The summed E-state index contributed by atoms with van der Waals surface area (Å²) in [6, 6.07) is 9.79. The maximum atomic E-state index is 12.5. The summed E-state index contributed by atoms with van der Waals surface area (Å²) in [6.45, 7) is 4.00. The zero-order valence-electron chi connectivity index (χ0n) is 13.3. The van der Waals surface area contributed by atoms with Crippen LogP contribution < -0.4 is 19.7 Å². The van der Waals surface area contributed by atoms with E-state index in [0.29, 0.717) is 32.1 Å². The molecule has 2 aromatic rings. The molecule has 0 spiro atoms. The highest BCUT2D eigenvalue weighted by atomic mass is 32.1. The number of rotatable bonds is 5. The van der Waals surface area contributed by atoms with Gasteiger partial charge in [-0.25, -0.2) is 0 Å². The molecule has 1 aromatic heterocycles. The van der Waals surface area contributed by atoms with Gasteiger partial charge in [0.1, 0.15) is 13.2 Å². The van der Waals surface area contributed by atoms with E-state index in [9.17, 15) is 4.79 Å². The highest BCUT2D eigenvalue weighted by Gasteiger charge is 2.20. The van der Waals surface area contributed by atoms with Crippen molar-refractivity contribution in [3.8, 4) is 11.5 Å². The van der Waals surface area contributed by atoms with E-state index in [4.69, 9.17) is 9.47 Å². The second-order valence-corrected chi connectivity index (χ2v) is 6.72. The molecule has 2 heterocycles. The van der Waals surface area contributed by atoms with Crippen molar-refractivity contribution in [1.29, 1.82) is 0 Å². The highest BCUT2D eigenvalue weighted by Crippen LogP contribution is 2.34. The first-order valence-electron chi connectivity index (χ1n) is 7.57. The number of aryl methyl sites for hydroxylation is 1. The van der Waals surface area contributed by atoms with Crippen LogP contribution in [0.5, 0.6) is 11.5 Å². The number of ether oxygens (including phenoxy) is 2. The number of likely N-dealkylation sites (N-methyl/N-ethyl adjacent to an activating group) is 1. The van der Waals surface area contributed by atoms with Gasteiger partial charge in [-0.1, -0.05) is 0 Å². The normalized spacial score (nSPS) is 13.0. The highest BCUT2D eigenvalue weighted by molar-refractivity contribution is 7.11. The van der Waals surface area contributed by atoms with Gasteiger partial charge in [-0.3, -0.25) is 4.79 Å². The Morgan fingerprint density at radius 3 is 2.70 bits per heavy atom. The number of benzene rings is 1. The molecule has 0 saturated heterocycles. The fourth-order valence-corrected chi connectivity index (χ4v) is 3.38. The van der Waals surface area contributed by atoms with Crippen LogP contribution in [0.2, 0.25) is 0 Å². The number of carbonyl (C=O) groups is 1. The van der Waals surface area contributed by atoms with Gasteiger partial charge in [-0.15, -0.1) is 11.3 Å². The number of nitrogens with one attached hydrogen (secondary N) is 1. The van der Waals surface area contributed by atoms with E-state index in [1.54, 1.807) is 23.3 Å². The molecule has 6 heteroatoms. The second kappa shape index (κ2) is 7.02. The third kappa shape index (κ3) is 3.65. The molecule has 0 radical (unpaired) electrons. The summed E-state index contributed by atoms with van der Waals surface area (Å²) in [6.07, 6.45) is 0. The van der Waals surface area contributed by atoms with Crippen LogP contribution in [0.1, 0.15) is 9.75 Å². The number of carbonyl (C=O) groups excluding carboxylic acids is 1. The molecule has 0 saturated carbocycles. The van der Waals surface area contributed by atoms with Gasteiger partial charge in [0.25, 0.3) is 0 Å². The van der Waals surface area contributed by atoms with Gasteiger partial charge in [-0.05, 0) is 38.2 Å². The quantitative estimate of drug-likeness (QED) is 0.914. The van der Waals surface area contributed by atoms with Crippen LogP contribution in [-0.4, -0.2) is 32.7 Å². The lowest BCUT2D eigenvalue weighted by Crippen LogP contribution is -2.36. The molecule has 0 fully saturated rings. The minimum absolute atomic E-state index is 0.0234. The molecule has 0 bridgehead atoms. The molecular weight excluding hydrogens is 312 g/mol. The predicted octanol–water partition coefficient (Wildman–Crippen LogP) is 2.58. The summed E-state index contributed by atoms with van der Waals surface area (Å²) in [5.74, 6) is 1.45. The van der Waals surface area contributed by atoms with Crippen LogP contribution in [-0.2, 0) is 11.3 Å². The average molecular weight is 332 g/mol. The van der Waals surface area contributed by atoms with E-state index in [1.165, 1.54) is 4.88 Å². The summed E-state index contributed by atoms with van der Waals surface area (Å²) < 4.78 is 11.2. The molecule has 5 nitrogen and oxygen atoms in total. The van der Waals surface area contributed by atoms with E-state index in [0.717, 1.165) is 16.3 Å². The topological polar surface area (TPSA) is 50.8 Å². The molecule has 0 atom stereocenters. The van der Waals surface area contributed by atoms with E-state index in [1.807, 2.05) is 18.2 Å². The SMILES string of the molecule is CNCC(=O)N(Cc1ccc(C)s1)c1ccc2c(c1)OCCO2. The molecule has 1 amide bonds. The van der Waals surface area contributed by atoms with E-state index in [2.05, 4.69) is 24.4 Å². The molecule has 0 aliphatic carbocycles. The molecule has 1 aliphatic heterocycles. The van der Waals surface area contributed by atoms with E-state index in [-0.39, 0.29) is 5.91 Å². The number of thiophene rings is 1. The van der Waals surface area contributed by atoms with Crippen LogP contribution in [0.4, 0.5) is 5.69 Å². The number of amides is 1. The second-order valence-electron chi connectivity index (χ2n) is 5.35. The first kappa shape index (κ1) is 15.8. The predicted molar refractivity (Wildman–Crippen MR) is 91.6 cm³/mol. The van der Waals surface area contributed by atoms with Crippen molar-refractivity contribution in [2.45, 2.75) is 13.5 Å². The number of anilines is 1. The smallest absolute Gasteiger partial charge is 0.241 e. The largest absolute Gasteiger partial charge is 0.486 e. The number of fused-ring (bicyclic) bond motifs is 1. The fourth-order valence-electron chi connectivity index (χ4n) is 2.50. The van der Waals surface area contributed by atoms with Crippen LogP contribution >= 0.6 is 11.3 Å². The molecule has 3 rings (SSSR count). The van der Waals surface area contributed by atoms with Crippen molar-refractivity contribution in [3.63, 3.8) is 0 Å². The Bertz CT molecular complexity index is 699. The average Bonchev–Trinajstić information content (AvgIpc) is 2.97. The Labute approximate surface area is 139 Å². The Morgan fingerprint density at radius 2 is 2.00 bits per heavy atom. The van der Waals surface area contributed by atoms with Crippen LogP contribution in [0.3, 0.4) is 0 Å². The molecular formula is C17H20N2O3S. The van der Waals surface area contributed by atoms with Crippen molar-refractivity contribution in [2.24, 2.45) is 0 Å². The first-order chi connectivity index (χ1) is 11.2. The molecule has 0 unspecified atom stereocenters. The number of hydrogen-bond acceptors (Lipinski definition) is 5. The minimum atomic E-state index is 0.0234. The van der Waals surface area contributed by atoms with Gasteiger partial charge in [0.2, 0.25) is 5.91 Å². The third-order valence-corrected chi connectivity index (χ3v) is 4.56. The monoisotopic (exact) mass is 332 g/mol. The van der Waals surface area contributed by atoms with Crippen molar-refractivity contribution in [3.05, 3.63) is 40.1 Å². The van der Waals surface area contributed by atoms with Gasteiger partial charge in [0.05, 0.1) is 13.1 Å². The Kier molecular flexibility index (Phi) is 4.83. The van der Waals surface area contributed by atoms with Crippen molar-refractivity contribution in [1.82, 2.24) is 5.32 Å². The van der Waals surface area contributed by atoms with Gasteiger partial charge in [0, 0.05) is 21.5 Å². The van der Waals surface area contributed by atoms with Gasteiger partial charge in [0.15, 0.2) is 11.5 Å². The third-order valence-electron chi connectivity index (χ3n) is 3.58. The summed E-state index contributed by atoms with van der Waals surface area (Å²) in [7, 11) is 1.77. The molecule has 1 N–H and O–H groups in total. The fraction of sp³-hybridized carbons (Fsp3) is 0.353. The summed E-state index contributed by atoms with van der Waals surface area (Å²) in [5, 5.41) is 2.93. The van der Waals surface area contributed by atoms with Crippen molar-refractivity contribution < 1.29 is 14.3 Å². The molecule has 1 aromatic carbocycles. The lowest BCUT2D eigenvalue weighted by atomic mass is 10.2. The minimum Gasteiger partial charge on any atom is -0.486 e. The zero-order chi connectivity index (χ0) is 16.2. The van der Waals surface area contributed by atoms with Crippen LogP contribution in [0.25, 0.3) is 0 Å². The summed E-state index contributed by atoms with van der Waals surface area (Å²) >= 11 is 1.70.